The smallest absolute Gasteiger partial charge is 0.253 e. The summed E-state index contributed by atoms with van der Waals surface area (Å²) in [4.78, 5) is 15.6. The van der Waals surface area contributed by atoms with Crippen molar-refractivity contribution in [2.75, 3.05) is 25.4 Å². The Labute approximate surface area is 131 Å². The number of amides is 1. The molecular formula is C17H25NO2S. The van der Waals surface area contributed by atoms with E-state index in [0.717, 1.165) is 30.0 Å². The average Bonchev–Trinajstić information content (AvgIpc) is 2.92. The Morgan fingerprint density at radius 2 is 2.10 bits per heavy atom. The summed E-state index contributed by atoms with van der Waals surface area (Å²) in [6, 6.07) is 7.74. The van der Waals surface area contributed by atoms with Crippen LogP contribution in [0.5, 0.6) is 0 Å². The maximum atomic E-state index is 12.5. The van der Waals surface area contributed by atoms with Crippen molar-refractivity contribution in [1.82, 2.24) is 4.90 Å². The first kappa shape index (κ1) is 16.4. The molecule has 3 nitrogen and oxygen atoms in total. The second-order valence-corrected chi connectivity index (χ2v) is 7.30. The zero-order chi connectivity index (χ0) is 15.2. The van der Waals surface area contributed by atoms with E-state index >= 15 is 0 Å². The van der Waals surface area contributed by atoms with Crippen molar-refractivity contribution in [3.8, 4) is 0 Å². The molecule has 0 bridgehead atoms. The van der Waals surface area contributed by atoms with Gasteiger partial charge in [-0.25, -0.2) is 0 Å². The number of aliphatic hydroxyl groups excluding tert-OH is 1. The quantitative estimate of drug-likeness (QED) is 0.820. The lowest BCUT2D eigenvalue weighted by atomic mass is 9.97. The van der Waals surface area contributed by atoms with Crippen LogP contribution in [-0.2, 0) is 0 Å². The summed E-state index contributed by atoms with van der Waals surface area (Å²) in [7, 11) is 0. The number of thioether (sulfide) groups is 1. The van der Waals surface area contributed by atoms with E-state index in [1.54, 1.807) is 11.8 Å². The second kappa shape index (κ2) is 7.85. The maximum absolute atomic E-state index is 12.5. The molecule has 1 aliphatic rings. The van der Waals surface area contributed by atoms with Crippen LogP contribution in [0.4, 0.5) is 0 Å². The number of nitrogens with zero attached hydrogens (tertiary/aromatic N) is 1. The standard InChI is InChI=1S/C17H25NO2S/c1-13(2)11-14-7-8-18(12-14)17(20)15-3-5-16(6-4-15)21-10-9-19/h3-6,13-14,19H,7-12H2,1-2H3/t14-/m0/s1. The van der Waals surface area contributed by atoms with Crippen molar-refractivity contribution >= 4 is 17.7 Å². The molecule has 1 amide bonds. The molecule has 1 aromatic rings. The molecule has 116 valence electrons. The van der Waals surface area contributed by atoms with E-state index in [1.165, 1.54) is 6.42 Å². The number of benzene rings is 1. The lowest BCUT2D eigenvalue weighted by Crippen LogP contribution is -2.28. The number of hydrogen-bond donors (Lipinski definition) is 1. The Hall–Kier alpha value is -1.00. The highest BCUT2D eigenvalue weighted by Crippen LogP contribution is 2.25. The van der Waals surface area contributed by atoms with Crippen LogP contribution in [0.15, 0.2) is 29.2 Å². The van der Waals surface area contributed by atoms with E-state index in [1.807, 2.05) is 29.2 Å². The van der Waals surface area contributed by atoms with Crippen LogP contribution < -0.4 is 0 Å². The third-order valence-corrected chi connectivity index (χ3v) is 4.83. The van der Waals surface area contributed by atoms with Crippen molar-refractivity contribution < 1.29 is 9.90 Å². The fourth-order valence-electron chi connectivity index (χ4n) is 2.92. The molecule has 1 atom stereocenters. The van der Waals surface area contributed by atoms with Gasteiger partial charge >= 0.3 is 0 Å². The van der Waals surface area contributed by atoms with Gasteiger partial charge in [0.15, 0.2) is 0 Å². The van der Waals surface area contributed by atoms with E-state index in [9.17, 15) is 4.79 Å². The number of hydrogen-bond acceptors (Lipinski definition) is 3. The van der Waals surface area contributed by atoms with Crippen molar-refractivity contribution in [3.63, 3.8) is 0 Å². The number of aliphatic hydroxyl groups is 1. The van der Waals surface area contributed by atoms with Crippen LogP contribution in [0.3, 0.4) is 0 Å². The number of likely N-dealkylation sites (tertiary alicyclic amines) is 1. The molecule has 1 fully saturated rings. The van der Waals surface area contributed by atoms with Gasteiger partial charge in [0, 0.05) is 29.3 Å². The number of carbonyl (C=O) groups excluding carboxylic acids is 1. The number of rotatable bonds is 6. The molecule has 1 heterocycles. The van der Waals surface area contributed by atoms with Crippen LogP contribution in [0, 0.1) is 11.8 Å². The Kier molecular flexibility index (Phi) is 6.12. The molecule has 0 aromatic heterocycles. The van der Waals surface area contributed by atoms with Crippen LogP contribution in [0.2, 0.25) is 0 Å². The zero-order valence-electron chi connectivity index (χ0n) is 12.9. The SMILES string of the molecule is CC(C)C[C@@H]1CCN(C(=O)c2ccc(SCCO)cc2)C1. The van der Waals surface area contributed by atoms with Gasteiger partial charge in [-0.1, -0.05) is 13.8 Å². The minimum absolute atomic E-state index is 0.153. The Morgan fingerprint density at radius 1 is 1.38 bits per heavy atom. The highest BCUT2D eigenvalue weighted by molar-refractivity contribution is 7.99. The van der Waals surface area contributed by atoms with Gasteiger partial charge in [0.05, 0.1) is 6.61 Å². The zero-order valence-corrected chi connectivity index (χ0v) is 13.7. The fraction of sp³-hybridized carbons (Fsp3) is 0.588. The lowest BCUT2D eigenvalue weighted by Gasteiger charge is -2.17. The molecule has 0 radical (unpaired) electrons. The molecule has 0 spiro atoms. The first-order valence-corrected chi connectivity index (χ1v) is 8.71. The average molecular weight is 307 g/mol. The van der Waals surface area contributed by atoms with Crippen LogP contribution >= 0.6 is 11.8 Å². The monoisotopic (exact) mass is 307 g/mol. The van der Waals surface area contributed by atoms with Crippen molar-refractivity contribution in [2.24, 2.45) is 11.8 Å². The molecule has 0 saturated carbocycles. The molecule has 1 N–H and O–H groups in total. The molecule has 0 aliphatic carbocycles. The largest absolute Gasteiger partial charge is 0.396 e. The predicted molar refractivity (Wildman–Crippen MR) is 87.7 cm³/mol. The van der Waals surface area contributed by atoms with E-state index < -0.39 is 0 Å². The van der Waals surface area contributed by atoms with Crippen molar-refractivity contribution in [1.29, 1.82) is 0 Å². The summed E-state index contributed by atoms with van der Waals surface area (Å²) in [6.07, 6.45) is 2.34. The Balaban J connectivity index is 1.91. The number of carbonyl (C=O) groups is 1. The summed E-state index contributed by atoms with van der Waals surface area (Å²) < 4.78 is 0. The van der Waals surface area contributed by atoms with Crippen LogP contribution in [-0.4, -0.2) is 41.4 Å². The third-order valence-electron chi connectivity index (χ3n) is 3.84. The summed E-state index contributed by atoms with van der Waals surface area (Å²) in [5.74, 6) is 2.21. The van der Waals surface area contributed by atoms with E-state index in [0.29, 0.717) is 17.6 Å². The van der Waals surface area contributed by atoms with Crippen molar-refractivity contribution in [2.45, 2.75) is 31.6 Å². The highest BCUT2D eigenvalue weighted by Gasteiger charge is 2.27. The second-order valence-electron chi connectivity index (χ2n) is 6.13. The predicted octanol–water partition coefficient (Wildman–Crippen LogP) is 3.28. The molecule has 2 rings (SSSR count). The topological polar surface area (TPSA) is 40.5 Å². The highest BCUT2D eigenvalue weighted by atomic mass is 32.2. The molecule has 1 aliphatic heterocycles. The Morgan fingerprint density at radius 3 is 2.71 bits per heavy atom. The van der Waals surface area contributed by atoms with Gasteiger partial charge in [-0.2, -0.15) is 0 Å². The molecule has 4 heteroatoms. The van der Waals surface area contributed by atoms with Gasteiger partial charge in [-0.3, -0.25) is 4.79 Å². The minimum Gasteiger partial charge on any atom is -0.396 e. The molecule has 21 heavy (non-hydrogen) atoms. The van der Waals surface area contributed by atoms with Crippen LogP contribution in [0.1, 0.15) is 37.0 Å². The molecule has 1 saturated heterocycles. The van der Waals surface area contributed by atoms with Gasteiger partial charge in [0.2, 0.25) is 0 Å². The summed E-state index contributed by atoms with van der Waals surface area (Å²) in [5.41, 5.74) is 0.772. The Bertz CT molecular complexity index is 458. The fourth-order valence-corrected chi connectivity index (χ4v) is 3.57. The van der Waals surface area contributed by atoms with Gasteiger partial charge in [0.1, 0.15) is 0 Å². The first-order chi connectivity index (χ1) is 10.1. The van der Waals surface area contributed by atoms with Gasteiger partial charge in [-0.05, 0) is 48.9 Å². The summed E-state index contributed by atoms with van der Waals surface area (Å²) in [5, 5.41) is 8.82. The van der Waals surface area contributed by atoms with Gasteiger partial charge in [0.25, 0.3) is 5.91 Å². The van der Waals surface area contributed by atoms with Crippen molar-refractivity contribution in [3.05, 3.63) is 29.8 Å². The molecular weight excluding hydrogens is 282 g/mol. The normalized spacial score (nSPS) is 18.5. The minimum atomic E-state index is 0.153. The molecule has 1 aromatic carbocycles. The van der Waals surface area contributed by atoms with Gasteiger partial charge in [-0.15, -0.1) is 11.8 Å². The van der Waals surface area contributed by atoms with Crippen LogP contribution in [0.25, 0.3) is 0 Å². The maximum Gasteiger partial charge on any atom is 0.253 e. The van der Waals surface area contributed by atoms with E-state index in [2.05, 4.69) is 13.8 Å². The summed E-state index contributed by atoms with van der Waals surface area (Å²) in [6.45, 7) is 6.45. The van der Waals surface area contributed by atoms with E-state index in [4.69, 9.17) is 5.11 Å². The van der Waals surface area contributed by atoms with E-state index in [-0.39, 0.29) is 12.5 Å². The summed E-state index contributed by atoms with van der Waals surface area (Å²) >= 11 is 1.61. The molecule has 0 unspecified atom stereocenters. The third kappa shape index (κ3) is 4.75. The first-order valence-electron chi connectivity index (χ1n) is 7.73. The van der Waals surface area contributed by atoms with Gasteiger partial charge < -0.3 is 10.0 Å². The lowest BCUT2D eigenvalue weighted by molar-refractivity contribution is 0.0785.